The van der Waals surface area contributed by atoms with E-state index < -0.39 is 15.7 Å². The van der Waals surface area contributed by atoms with Crippen LogP contribution in [0.25, 0.3) is 5.70 Å². The number of sulfone groups is 1. The van der Waals surface area contributed by atoms with Gasteiger partial charge in [-0.1, -0.05) is 36.4 Å². The molecule has 2 N–H and O–H groups in total. The molecule has 1 saturated heterocycles. The molecule has 2 aromatic carbocycles. The smallest absolute Gasteiger partial charge is 0.262 e. The van der Waals surface area contributed by atoms with E-state index >= 15 is 0 Å². The van der Waals surface area contributed by atoms with Crippen LogP contribution in [0.3, 0.4) is 0 Å². The summed E-state index contributed by atoms with van der Waals surface area (Å²) in [5.41, 5.74) is 7.60. The number of primary amides is 1. The maximum atomic E-state index is 12.8. The number of hydrogen-bond donors (Lipinski definition) is 1. The van der Waals surface area contributed by atoms with Crippen LogP contribution in [-0.4, -0.2) is 45.4 Å². The Labute approximate surface area is 152 Å². The number of amides is 1. The van der Waals surface area contributed by atoms with Crippen molar-refractivity contribution >= 4 is 27.1 Å². The molecule has 2 aromatic rings. The molecule has 2 aliphatic rings. The first-order valence-electron chi connectivity index (χ1n) is 8.43. The molecule has 1 fully saturated rings. The fraction of sp³-hybridized carbons (Fsp3) is 0.211. The Morgan fingerprint density at radius 2 is 1.42 bits per heavy atom. The molecule has 4 rings (SSSR count). The number of rotatable bonds is 3. The number of hydrogen-bond acceptors (Lipinski definition) is 5. The van der Waals surface area contributed by atoms with Gasteiger partial charge < -0.3 is 15.5 Å². The fourth-order valence-corrected chi connectivity index (χ4v) is 5.34. The molecule has 0 bridgehead atoms. The highest BCUT2D eigenvalue weighted by Crippen LogP contribution is 2.41. The zero-order valence-corrected chi connectivity index (χ0v) is 14.9. The van der Waals surface area contributed by atoms with Crippen LogP contribution in [0.1, 0.15) is 5.56 Å². The molecule has 0 saturated carbocycles. The second kappa shape index (κ2) is 6.17. The Morgan fingerprint density at radius 3 is 2.08 bits per heavy atom. The molecule has 2 heterocycles. The molecule has 2 aliphatic heterocycles. The highest BCUT2D eigenvalue weighted by Gasteiger charge is 2.41. The number of carbonyl (C=O) groups is 1. The van der Waals surface area contributed by atoms with Crippen LogP contribution in [0.4, 0.5) is 5.69 Å². The van der Waals surface area contributed by atoms with Gasteiger partial charge in [-0.05, 0) is 18.2 Å². The minimum absolute atomic E-state index is 0.161. The monoisotopic (exact) mass is 369 g/mol. The molecule has 1 amide bonds. The summed E-state index contributed by atoms with van der Waals surface area (Å²) in [6.07, 6.45) is 0. The molecule has 134 valence electrons. The second-order valence-electron chi connectivity index (χ2n) is 6.35. The third kappa shape index (κ3) is 2.55. The van der Waals surface area contributed by atoms with Crippen molar-refractivity contribution in [2.75, 3.05) is 31.1 Å². The van der Waals surface area contributed by atoms with E-state index in [2.05, 4.69) is 17.0 Å². The number of anilines is 1. The van der Waals surface area contributed by atoms with Crippen LogP contribution in [0, 0.1) is 0 Å². The van der Waals surface area contributed by atoms with Crippen LogP contribution >= 0.6 is 0 Å². The van der Waals surface area contributed by atoms with Crippen LogP contribution in [0.5, 0.6) is 0 Å². The van der Waals surface area contributed by atoms with E-state index in [0.29, 0.717) is 24.4 Å². The lowest BCUT2D eigenvalue weighted by molar-refractivity contribution is -0.113. The zero-order chi connectivity index (χ0) is 18.3. The molecule has 0 atom stereocenters. The Hall–Kier alpha value is -2.80. The Morgan fingerprint density at radius 1 is 0.846 bits per heavy atom. The van der Waals surface area contributed by atoms with E-state index in [-0.39, 0.29) is 9.80 Å². The standard InChI is InChI=1S/C19H19N3O3S/c20-19(23)18-17(15-8-4-5-9-16(15)26(18,24)25)22-12-10-21(11-13-22)14-6-2-1-3-7-14/h1-9H,10-13H2,(H2,20,23). The van der Waals surface area contributed by atoms with Crippen molar-refractivity contribution in [2.24, 2.45) is 5.73 Å². The summed E-state index contributed by atoms with van der Waals surface area (Å²) in [5.74, 6) is -0.901. The van der Waals surface area contributed by atoms with Gasteiger partial charge in [-0.25, -0.2) is 8.42 Å². The van der Waals surface area contributed by atoms with Gasteiger partial charge in [0.1, 0.15) is 0 Å². The molecular weight excluding hydrogens is 350 g/mol. The molecule has 0 aliphatic carbocycles. The van der Waals surface area contributed by atoms with Crippen molar-refractivity contribution in [3.63, 3.8) is 0 Å². The highest BCUT2D eigenvalue weighted by atomic mass is 32.2. The topological polar surface area (TPSA) is 83.7 Å². The maximum Gasteiger partial charge on any atom is 0.262 e. The average Bonchev–Trinajstić information content (AvgIpc) is 2.90. The van der Waals surface area contributed by atoms with Gasteiger partial charge in [0.15, 0.2) is 4.91 Å². The first-order chi connectivity index (χ1) is 12.5. The number of carbonyl (C=O) groups excluding carboxylic acids is 1. The normalized spacial score (nSPS) is 18.8. The first-order valence-corrected chi connectivity index (χ1v) is 9.92. The lowest BCUT2D eigenvalue weighted by Gasteiger charge is -2.38. The van der Waals surface area contributed by atoms with Crippen molar-refractivity contribution in [1.29, 1.82) is 0 Å². The Kier molecular flexibility index (Phi) is 3.96. The molecule has 0 unspecified atom stereocenters. The zero-order valence-electron chi connectivity index (χ0n) is 14.1. The van der Waals surface area contributed by atoms with E-state index in [9.17, 15) is 13.2 Å². The summed E-state index contributed by atoms with van der Waals surface area (Å²) in [7, 11) is -3.86. The lowest BCUT2D eigenvalue weighted by Crippen LogP contribution is -2.45. The predicted octanol–water partition coefficient (Wildman–Crippen LogP) is 1.45. The third-order valence-corrected chi connectivity index (χ3v) is 6.72. The molecule has 6 nitrogen and oxygen atoms in total. The summed E-state index contributed by atoms with van der Waals surface area (Å²) in [6.45, 7) is 2.71. The van der Waals surface area contributed by atoms with E-state index in [0.717, 1.165) is 18.8 Å². The van der Waals surface area contributed by atoms with Crippen LogP contribution in [0.2, 0.25) is 0 Å². The van der Waals surface area contributed by atoms with Gasteiger partial charge in [0.25, 0.3) is 5.91 Å². The molecule has 7 heteroatoms. The average molecular weight is 369 g/mol. The van der Waals surface area contributed by atoms with Gasteiger partial charge in [0.05, 0.1) is 10.6 Å². The Bertz CT molecular complexity index is 992. The summed E-state index contributed by atoms with van der Waals surface area (Å²) in [4.78, 5) is 16.1. The van der Waals surface area contributed by atoms with Crippen molar-refractivity contribution in [3.05, 3.63) is 65.1 Å². The summed E-state index contributed by atoms with van der Waals surface area (Å²) >= 11 is 0. The van der Waals surface area contributed by atoms with Gasteiger partial charge in [0, 0.05) is 37.4 Å². The van der Waals surface area contributed by atoms with E-state index in [1.807, 2.05) is 23.1 Å². The van der Waals surface area contributed by atoms with Crippen molar-refractivity contribution in [2.45, 2.75) is 4.90 Å². The number of benzene rings is 2. The highest BCUT2D eigenvalue weighted by molar-refractivity contribution is 7.97. The molecule has 0 aromatic heterocycles. The quantitative estimate of drug-likeness (QED) is 0.885. The third-order valence-electron chi connectivity index (χ3n) is 4.86. The van der Waals surface area contributed by atoms with Gasteiger partial charge in [0.2, 0.25) is 9.84 Å². The summed E-state index contributed by atoms with van der Waals surface area (Å²) in [5, 5.41) is 0. The molecule has 0 spiro atoms. The first kappa shape index (κ1) is 16.7. The largest absolute Gasteiger partial charge is 0.368 e. The summed E-state index contributed by atoms with van der Waals surface area (Å²) < 4.78 is 25.5. The van der Waals surface area contributed by atoms with Crippen molar-refractivity contribution < 1.29 is 13.2 Å². The predicted molar refractivity (Wildman–Crippen MR) is 100.0 cm³/mol. The van der Waals surface area contributed by atoms with Crippen LogP contribution < -0.4 is 10.6 Å². The number of fused-ring (bicyclic) bond motifs is 1. The maximum absolute atomic E-state index is 12.8. The number of piperazine rings is 1. The van der Waals surface area contributed by atoms with Crippen LogP contribution in [-0.2, 0) is 14.6 Å². The van der Waals surface area contributed by atoms with Gasteiger partial charge in [-0.15, -0.1) is 0 Å². The van der Waals surface area contributed by atoms with E-state index in [4.69, 9.17) is 5.73 Å². The van der Waals surface area contributed by atoms with Gasteiger partial charge >= 0.3 is 0 Å². The number of para-hydroxylation sites is 1. The number of nitrogens with two attached hydrogens (primary N) is 1. The van der Waals surface area contributed by atoms with E-state index in [1.165, 1.54) is 6.07 Å². The van der Waals surface area contributed by atoms with Crippen LogP contribution in [0.15, 0.2) is 64.4 Å². The fourth-order valence-electron chi connectivity index (χ4n) is 3.65. The van der Waals surface area contributed by atoms with Crippen molar-refractivity contribution in [3.8, 4) is 0 Å². The minimum atomic E-state index is -3.86. The summed E-state index contributed by atoms with van der Waals surface area (Å²) in [6, 6.07) is 16.8. The van der Waals surface area contributed by atoms with Crippen molar-refractivity contribution in [1.82, 2.24) is 4.90 Å². The SMILES string of the molecule is NC(=O)C1=C(N2CCN(c3ccccc3)CC2)c2ccccc2S1(=O)=O. The van der Waals surface area contributed by atoms with E-state index in [1.54, 1.807) is 18.2 Å². The number of nitrogens with zero attached hydrogens (tertiary/aromatic N) is 2. The Balaban J connectivity index is 1.69. The van der Waals surface area contributed by atoms with Gasteiger partial charge in [-0.3, -0.25) is 4.79 Å². The second-order valence-corrected chi connectivity index (χ2v) is 8.21. The minimum Gasteiger partial charge on any atom is -0.368 e. The molecule has 0 radical (unpaired) electrons. The molecular formula is C19H19N3O3S. The lowest BCUT2D eigenvalue weighted by atomic mass is 10.1. The van der Waals surface area contributed by atoms with Gasteiger partial charge in [-0.2, -0.15) is 0 Å². The molecule has 26 heavy (non-hydrogen) atoms.